The molecule has 1 aliphatic rings. The van der Waals surface area contributed by atoms with Gasteiger partial charge in [-0.25, -0.2) is 4.98 Å². The minimum absolute atomic E-state index is 0.173. The van der Waals surface area contributed by atoms with E-state index in [1.807, 2.05) is 30.4 Å². The first-order valence-electron chi connectivity index (χ1n) is 9.75. The minimum Gasteiger partial charge on any atom is -0.507 e. The van der Waals surface area contributed by atoms with Gasteiger partial charge in [-0.2, -0.15) is 0 Å². The fraction of sp³-hybridized carbons (Fsp3) is 0.125. The number of hydrogen-bond acceptors (Lipinski definition) is 3. The second-order valence-corrected chi connectivity index (χ2v) is 9.28. The number of allylic oxidation sites excluding steroid dienone is 3. The van der Waals surface area contributed by atoms with Crippen molar-refractivity contribution in [3.05, 3.63) is 102 Å². The first kappa shape index (κ1) is 23.3. The van der Waals surface area contributed by atoms with Crippen LogP contribution in [0.4, 0.5) is 5.82 Å². The molecule has 3 nitrogen and oxygen atoms in total. The third kappa shape index (κ3) is 4.88. The summed E-state index contributed by atoms with van der Waals surface area (Å²) in [4.78, 5) is 4.31. The summed E-state index contributed by atoms with van der Waals surface area (Å²) in [6.07, 6.45) is 11.0. The average molecular weight is 527 g/mol. The van der Waals surface area contributed by atoms with Crippen LogP contribution in [0.15, 0.2) is 54.8 Å². The maximum atomic E-state index is 11.3. The van der Waals surface area contributed by atoms with Crippen molar-refractivity contribution >= 4 is 69.9 Å². The van der Waals surface area contributed by atoms with Crippen LogP contribution >= 0.6 is 58.0 Å². The molecular weight excluding hydrogens is 510 g/mol. The van der Waals surface area contributed by atoms with Crippen molar-refractivity contribution in [3.8, 4) is 5.75 Å². The molecule has 4 rings (SSSR count). The van der Waals surface area contributed by atoms with Crippen molar-refractivity contribution in [2.75, 3.05) is 5.32 Å². The SMILES string of the molecule is Oc1c(C(Nc2cc(Cl)c(Cl)cn2)c2cc(Cl)cc(Cl)c2Cl)ccc2c1CCC=CC=C2. The molecule has 2 aromatic carbocycles. The van der Waals surface area contributed by atoms with Crippen LogP contribution in [0.25, 0.3) is 6.08 Å². The first-order valence-corrected chi connectivity index (χ1v) is 11.6. The Balaban J connectivity index is 1.88. The van der Waals surface area contributed by atoms with E-state index >= 15 is 0 Å². The summed E-state index contributed by atoms with van der Waals surface area (Å²) in [5, 5.41) is 16.3. The molecule has 0 fully saturated rings. The van der Waals surface area contributed by atoms with Gasteiger partial charge in [0.2, 0.25) is 0 Å². The van der Waals surface area contributed by atoms with E-state index in [0.717, 1.165) is 17.5 Å². The maximum absolute atomic E-state index is 11.3. The molecule has 0 bridgehead atoms. The summed E-state index contributed by atoms with van der Waals surface area (Å²) >= 11 is 31.4. The zero-order valence-electron chi connectivity index (χ0n) is 16.5. The lowest BCUT2D eigenvalue weighted by Gasteiger charge is -2.25. The summed E-state index contributed by atoms with van der Waals surface area (Å²) in [5.41, 5.74) is 3.00. The number of aromatic nitrogens is 1. The Morgan fingerprint density at radius 1 is 0.906 bits per heavy atom. The number of anilines is 1. The van der Waals surface area contributed by atoms with Crippen molar-refractivity contribution in [3.63, 3.8) is 0 Å². The predicted octanol–water partition coefficient (Wildman–Crippen LogP) is 8.77. The van der Waals surface area contributed by atoms with E-state index in [4.69, 9.17) is 58.0 Å². The molecule has 32 heavy (non-hydrogen) atoms. The molecule has 1 heterocycles. The van der Waals surface area contributed by atoms with Crippen molar-refractivity contribution in [2.45, 2.75) is 18.9 Å². The van der Waals surface area contributed by atoms with Gasteiger partial charge in [-0.15, -0.1) is 0 Å². The minimum atomic E-state index is -0.612. The lowest BCUT2D eigenvalue weighted by Crippen LogP contribution is -2.15. The summed E-state index contributed by atoms with van der Waals surface area (Å²) in [6, 6.07) is 8.10. The molecule has 1 aromatic heterocycles. The monoisotopic (exact) mass is 524 g/mol. The number of phenols is 1. The van der Waals surface area contributed by atoms with Gasteiger partial charge in [-0.3, -0.25) is 0 Å². The van der Waals surface area contributed by atoms with Gasteiger partial charge >= 0.3 is 0 Å². The number of fused-ring (bicyclic) bond motifs is 1. The molecule has 1 atom stereocenters. The summed E-state index contributed by atoms with van der Waals surface area (Å²) < 4.78 is 0. The zero-order valence-corrected chi connectivity index (χ0v) is 20.3. The van der Waals surface area contributed by atoms with Crippen LogP contribution in [0.5, 0.6) is 5.75 Å². The molecule has 0 amide bonds. The molecule has 1 unspecified atom stereocenters. The fourth-order valence-corrected chi connectivity index (χ4v) is 4.62. The molecule has 0 spiro atoms. The number of aromatic hydroxyl groups is 1. The second kappa shape index (κ2) is 9.94. The van der Waals surface area contributed by atoms with Gasteiger partial charge < -0.3 is 10.4 Å². The number of pyridine rings is 1. The van der Waals surface area contributed by atoms with Crippen LogP contribution < -0.4 is 5.32 Å². The third-order valence-electron chi connectivity index (χ3n) is 5.18. The number of benzene rings is 2. The Labute approximate surface area is 211 Å². The molecule has 0 aliphatic heterocycles. The molecule has 2 N–H and O–H groups in total. The largest absolute Gasteiger partial charge is 0.507 e. The van der Waals surface area contributed by atoms with E-state index in [-0.39, 0.29) is 5.75 Å². The van der Waals surface area contributed by atoms with Gasteiger partial charge in [0, 0.05) is 34.0 Å². The number of phenolic OH excluding ortho intramolecular Hbond substituents is 1. The Hall–Kier alpha value is -1.88. The van der Waals surface area contributed by atoms with E-state index in [1.54, 1.807) is 18.2 Å². The van der Waals surface area contributed by atoms with Gasteiger partial charge in [-0.1, -0.05) is 94.4 Å². The highest BCUT2D eigenvalue weighted by Crippen LogP contribution is 2.42. The van der Waals surface area contributed by atoms with E-state index in [0.29, 0.717) is 48.5 Å². The Kier molecular flexibility index (Phi) is 7.24. The van der Waals surface area contributed by atoms with Crippen molar-refractivity contribution in [1.29, 1.82) is 0 Å². The van der Waals surface area contributed by atoms with Crippen LogP contribution in [0.2, 0.25) is 25.1 Å². The van der Waals surface area contributed by atoms with Crippen LogP contribution in [0.1, 0.15) is 34.7 Å². The third-order valence-corrected chi connectivity index (χ3v) is 6.92. The standard InChI is InChI=1S/C24H17Cl5N2O/c25-14-9-17(22(29)19(27)10-14)23(31-21-11-18(26)20(28)12-30-21)16-8-7-13-5-3-1-2-4-6-15(13)24(16)32/h1-3,5,7-12,23,32H,4,6H2,(H,30,31). The highest BCUT2D eigenvalue weighted by Gasteiger charge is 2.25. The summed E-state index contributed by atoms with van der Waals surface area (Å²) in [6.45, 7) is 0. The summed E-state index contributed by atoms with van der Waals surface area (Å²) in [5.74, 6) is 0.623. The molecule has 0 saturated heterocycles. The van der Waals surface area contributed by atoms with E-state index in [1.165, 1.54) is 6.20 Å². The number of halogens is 5. The Morgan fingerprint density at radius 3 is 2.50 bits per heavy atom. The normalized spacial score (nSPS) is 13.9. The molecule has 0 radical (unpaired) electrons. The number of nitrogens with zero attached hydrogens (tertiary/aromatic N) is 1. The molecule has 3 aromatic rings. The van der Waals surface area contributed by atoms with Crippen molar-refractivity contribution < 1.29 is 5.11 Å². The molecule has 164 valence electrons. The highest BCUT2D eigenvalue weighted by molar-refractivity contribution is 6.44. The number of hydrogen-bond donors (Lipinski definition) is 2. The van der Waals surface area contributed by atoms with Crippen LogP contribution in [-0.4, -0.2) is 10.1 Å². The van der Waals surface area contributed by atoms with Crippen LogP contribution in [0.3, 0.4) is 0 Å². The topological polar surface area (TPSA) is 45.1 Å². The lowest BCUT2D eigenvalue weighted by molar-refractivity contribution is 0.459. The van der Waals surface area contributed by atoms with E-state index in [9.17, 15) is 5.11 Å². The Bertz CT molecular complexity index is 1240. The van der Waals surface area contributed by atoms with Crippen LogP contribution in [-0.2, 0) is 6.42 Å². The van der Waals surface area contributed by atoms with Crippen molar-refractivity contribution in [2.24, 2.45) is 0 Å². The second-order valence-electron chi connectivity index (χ2n) is 7.25. The average Bonchev–Trinajstić information content (AvgIpc) is 2.73. The molecule has 0 saturated carbocycles. The van der Waals surface area contributed by atoms with E-state index in [2.05, 4.69) is 16.4 Å². The predicted molar refractivity (Wildman–Crippen MR) is 136 cm³/mol. The van der Waals surface area contributed by atoms with Gasteiger partial charge in [0.1, 0.15) is 11.6 Å². The van der Waals surface area contributed by atoms with Crippen molar-refractivity contribution in [1.82, 2.24) is 4.98 Å². The Morgan fingerprint density at radius 2 is 1.72 bits per heavy atom. The molecule has 1 aliphatic carbocycles. The van der Waals surface area contributed by atoms with Gasteiger partial charge in [0.15, 0.2) is 0 Å². The fourth-order valence-electron chi connectivity index (χ4n) is 3.63. The highest BCUT2D eigenvalue weighted by atomic mass is 35.5. The number of rotatable bonds is 4. The lowest BCUT2D eigenvalue weighted by atomic mass is 9.91. The number of nitrogens with one attached hydrogen (secondary N) is 1. The quantitative estimate of drug-likeness (QED) is 0.334. The van der Waals surface area contributed by atoms with Gasteiger partial charge in [-0.05, 0) is 30.5 Å². The van der Waals surface area contributed by atoms with Crippen LogP contribution in [0, 0.1) is 0 Å². The zero-order chi connectivity index (χ0) is 22.8. The first-order chi connectivity index (χ1) is 15.3. The van der Waals surface area contributed by atoms with E-state index < -0.39 is 6.04 Å². The summed E-state index contributed by atoms with van der Waals surface area (Å²) in [7, 11) is 0. The molecule has 8 heteroatoms. The van der Waals surface area contributed by atoms with Gasteiger partial charge in [0.05, 0.1) is 26.1 Å². The smallest absolute Gasteiger partial charge is 0.128 e. The maximum Gasteiger partial charge on any atom is 0.128 e. The van der Waals surface area contributed by atoms with Gasteiger partial charge in [0.25, 0.3) is 0 Å². The molecular formula is C24H17Cl5N2O.